The molecule has 184 valence electrons. The van der Waals surface area contributed by atoms with Crippen molar-refractivity contribution in [2.45, 2.75) is 61.8 Å². The molecule has 0 saturated carbocycles. The molecule has 1 heterocycles. The van der Waals surface area contributed by atoms with Crippen molar-refractivity contribution in [3.8, 4) is 17.2 Å². The number of methoxy groups -OCH3 is 1. The van der Waals surface area contributed by atoms with Gasteiger partial charge in [0.1, 0.15) is 17.2 Å². The highest BCUT2D eigenvalue weighted by molar-refractivity contribution is 5.87. The second-order valence-corrected chi connectivity index (χ2v) is 6.68. The van der Waals surface area contributed by atoms with Gasteiger partial charge in [0.15, 0.2) is 0 Å². The number of rotatable bonds is 5. The molecule has 0 bridgehead atoms. The average molecular weight is 459 g/mol. The molecule has 1 fully saturated rings. The third kappa shape index (κ3) is 9.56. The average Bonchev–Trinajstić information content (AvgIpc) is 2.85. The van der Waals surface area contributed by atoms with Crippen LogP contribution < -0.4 is 14.8 Å². The number of nitrogens with one attached hydrogen (secondary N) is 1. The summed E-state index contributed by atoms with van der Waals surface area (Å²) in [5, 5.41) is 2.73. The number of carbonyl (C=O) groups is 2. The predicted octanol–water partition coefficient (Wildman–Crippen LogP) is 5.68. The normalized spacial score (nSPS) is 11.9. The fourth-order valence-corrected chi connectivity index (χ4v) is 3.20. The highest BCUT2D eigenvalue weighted by Gasteiger charge is 2.21. The van der Waals surface area contributed by atoms with Crippen LogP contribution in [0.1, 0.15) is 58.2 Å². The van der Waals surface area contributed by atoms with Crippen LogP contribution >= 0.6 is 0 Å². The van der Waals surface area contributed by atoms with E-state index in [4.69, 9.17) is 9.47 Å². The molecular weight excluding hydrogens is 416 g/mol. The summed E-state index contributed by atoms with van der Waals surface area (Å²) in [6.07, 6.45) is 0.276. The zero-order valence-corrected chi connectivity index (χ0v) is 21.9. The maximum Gasteiger partial charge on any atom is 0.239 e. The Labute approximate surface area is 200 Å². The first-order chi connectivity index (χ1) is 16.0. The number of hydrogen-bond donors (Lipinski definition) is 1. The summed E-state index contributed by atoms with van der Waals surface area (Å²) >= 11 is 0. The summed E-state index contributed by atoms with van der Waals surface area (Å²) in [7, 11) is 1.63. The van der Waals surface area contributed by atoms with Crippen molar-refractivity contribution in [3.63, 3.8) is 0 Å². The quantitative estimate of drug-likeness (QED) is 0.625. The topological polar surface area (TPSA) is 67.9 Å². The zero-order chi connectivity index (χ0) is 25.4. The SMILES string of the molecule is CC.CC.CC.COc1ccc(Oc2c(C)cc(CC(=O)N3CCNC(=O)C3)cc2C)cc1. The van der Waals surface area contributed by atoms with Gasteiger partial charge >= 0.3 is 0 Å². The van der Waals surface area contributed by atoms with Gasteiger partial charge in [0, 0.05) is 13.1 Å². The van der Waals surface area contributed by atoms with Gasteiger partial charge in [0.2, 0.25) is 11.8 Å². The Morgan fingerprint density at radius 1 is 0.939 bits per heavy atom. The van der Waals surface area contributed by atoms with Gasteiger partial charge in [-0.3, -0.25) is 9.59 Å². The number of benzene rings is 2. The molecule has 2 amide bonds. The van der Waals surface area contributed by atoms with E-state index in [1.54, 1.807) is 12.0 Å². The maximum atomic E-state index is 12.5. The van der Waals surface area contributed by atoms with Gasteiger partial charge in [-0.05, 0) is 54.8 Å². The van der Waals surface area contributed by atoms with Gasteiger partial charge in [-0.2, -0.15) is 0 Å². The van der Waals surface area contributed by atoms with E-state index in [-0.39, 0.29) is 24.8 Å². The fraction of sp³-hybridized carbons (Fsp3) is 0.481. The first-order valence-electron chi connectivity index (χ1n) is 11.9. The van der Waals surface area contributed by atoms with E-state index < -0.39 is 0 Å². The van der Waals surface area contributed by atoms with Crippen LogP contribution in [0.5, 0.6) is 17.2 Å². The summed E-state index contributed by atoms with van der Waals surface area (Å²) < 4.78 is 11.2. The van der Waals surface area contributed by atoms with Crippen molar-refractivity contribution in [1.29, 1.82) is 0 Å². The van der Waals surface area contributed by atoms with Crippen molar-refractivity contribution < 1.29 is 19.1 Å². The van der Waals surface area contributed by atoms with Crippen molar-refractivity contribution in [3.05, 3.63) is 53.1 Å². The van der Waals surface area contributed by atoms with E-state index in [2.05, 4.69) is 5.32 Å². The molecule has 3 rings (SSSR count). The number of nitrogens with zero attached hydrogens (tertiary/aromatic N) is 1. The van der Waals surface area contributed by atoms with Crippen molar-refractivity contribution in [2.24, 2.45) is 0 Å². The van der Waals surface area contributed by atoms with E-state index in [1.807, 2.05) is 91.8 Å². The molecule has 2 aromatic rings. The lowest BCUT2D eigenvalue weighted by atomic mass is 10.0. The summed E-state index contributed by atoms with van der Waals surface area (Å²) in [5.74, 6) is 2.15. The lowest BCUT2D eigenvalue weighted by Gasteiger charge is -2.26. The first kappa shape index (κ1) is 30.0. The molecule has 0 spiro atoms. The second-order valence-electron chi connectivity index (χ2n) is 6.68. The van der Waals surface area contributed by atoms with Crippen LogP contribution in [0.4, 0.5) is 0 Å². The van der Waals surface area contributed by atoms with Crippen LogP contribution in [0.3, 0.4) is 0 Å². The zero-order valence-electron chi connectivity index (χ0n) is 21.9. The minimum absolute atomic E-state index is 0.0347. The molecule has 1 saturated heterocycles. The van der Waals surface area contributed by atoms with Crippen LogP contribution in [0.15, 0.2) is 36.4 Å². The molecule has 1 aliphatic rings. The van der Waals surface area contributed by atoms with E-state index in [9.17, 15) is 9.59 Å². The Morgan fingerprint density at radius 3 is 1.94 bits per heavy atom. The molecule has 1 N–H and O–H groups in total. The van der Waals surface area contributed by atoms with Crippen LogP contribution in [0.25, 0.3) is 0 Å². The van der Waals surface area contributed by atoms with Crippen LogP contribution in [-0.2, 0) is 16.0 Å². The highest BCUT2D eigenvalue weighted by atomic mass is 16.5. The minimum Gasteiger partial charge on any atom is -0.497 e. The predicted molar refractivity (Wildman–Crippen MR) is 136 cm³/mol. The molecule has 33 heavy (non-hydrogen) atoms. The summed E-state index contributed by atoms with van der Waals surface area (Å²) in [5.41, 5.74) is 2.85. The van der Waals surface area contributed by atoms with Gasteiger partial charge in [0.25, 0.3) is 0 Å². The van der Waals surface area contributed by atoms with Crippen LogP contribution in [-0.4, -0.2) is 43.5 Å². The molecule has 0 aromatic heterocycles. The van der Waals surface area contributed by atoms with Gasteiger partial charge in [0.05, 0.1) is 20.1 Å². The standard InChI is InChI=1S/C21H24N2O4.3C2H6/c1-14-10-16(12-20(25)23-9-8-22-19(24)13-23)11-15(2)21(14)27-18-6-4-17(26-3)5-7-18;3*1-2/h4-7,10-11H,8-9,12-13H2,1-3H3,(H,22,24);3*1-2H3. The smallest absolute Gasteiger partial charge is 0.239 e. The van der Waals surface area contributed by atoms with Gasteiger partial charge in [-0.1, -0.05) is 53.7 Å². The molecule has 0 atom stereocenters. The van der Waals surface area contributed by atoms with Gasteiger partial charge in [-0.15, -0.1) is 0 Å². The van der Waals surface area contributed by atoms with E-state index in [0.717, 1.165) is 33.9 Å². The van der Waals surface area contributed by atoms with Crippen molar-refractivity contribution >= 4 is 11.8 Å². The summed E-state index contributed by atoms with van der Waals surface area (Å²) in [6, 6.07) is 11.3. The monoisotopic (exact) mass is 458 g/mol. The maximum absolute atomic E-state index is 12.5. The lowest BCUT2D eigenvalue weighted by molar-refractivity contribution is -0.137. The Balaban J connectivity index is 0.00000158. The molecule has 2 aromatic carbocycles. The Hall–Kier alpha value is -3.02. The molecule has 0 unspecified atom stereocenters. The number of amides is 2. The number of ether oxygens (including phenoxy) is 2. The largest absolute Gasteiger partial charge is 0.497 e. The molecule has 6 heteroatoms. The number of carbonyl (C=O) groups excluding carboxylic acids is 2. The molecule has 6 nitrogen and oxygen atoms in total. The van der Waals surface area contributed by atoms with Crippen molar-refractivity contribution in [2.75, 3.05) is 26.7 Å². The molecule has 0 radical (unpaired) electrons. The fourth-order valence-electron chi connectivity index (χ4n) is 3.20. The summed E-state index contributed by atoms with van der Waals surface area (Å²) in [6.45, 7) is 17.1. The Morgan fingerprint density at radius 2 is 1.45 bits per heavy atom. The molecule has 0 aliphatic carbocycles. The number of aryl methyl sites for hydroxylation is 2. The second kappa shape index (κ2) is 16.6. The third-order valence-electron chi connectivity index (χ3n) is 4.55. The van der Waals surface area contributed by atoms with E-state index in [0.29, 0.717) is 13.1 Å². The van der Waals surface area contributed by atoms with E-state index >= 15 is 0 Å². The number of piperazine rings is 1. The van der Waals surface area contributed by atoms with Crippen LogP contribution in [0.2, 0.25) is 0 Å². The Bertz CT molecular complexity index is 825. The van der Waals surface area contributed by atoms with E-state index in [1.165, 1.54) is 0 Å². The van der Waals surface area contributed by atoms with Crippen LogP contribution in [0, 0.1) is 13.8 Å². The number of hydrogen-bond acceptors (Lipinski definition) is 4. The Kier molecular flexibility index (Phi) is 15.1. The van der Waals surface area contributed by atoms with Gasteiger partial charge < -0.3 is 19.7 Å². The molecular formula is C27H42N2O4. The first-order valence-corrected chi connectivity index (χ1v) is 11.9. The lowest BCUT2D eigenvalue weighted by Crippen LogP contribution is -2.50. The minimum atomic E-state index is -0.106. The van der Waals surface area contributed by atoms with Gasteiger partial charge in [-0.25, -0.2) is 0 Å². The summed E-state index contributed by atoms with van der Waals surface area (Å²) in [4.78, 5) is 25.5. The van der Waals surface area contributed by atoms with Crippen molar-refractivity contribution in [1.82, 2.24) is 10.2 Å². The highest BCUT2D eigenvalue weighted by Crippen LogP contribution is 2.31. The molecule has 1 aliphatic heterocycles. The third-order valence-corrected chi connectivity index (χ3v) is 4.55.